The number of hydrogen-bond donors (Lipinski definition) is 0. The maximum absolute atomic E-state index is 12.4. The molecule has 150 valence electrons. The Morgan fingerprint density at radius 2 is 1.48 bits per heavy atom. The van der Waals surface area contributed by atoms with Gasteiger partial charge in [-0.25, -0.2) is 0 Å². The fourth-order valence-corrected chi connectivity index (χ4v) is 6.10. The molecule has 0 heterocycles. The summed E-state index contributed by atoms with van der Waals surface area (Å²) in [5.41, 5.74) is 0. The van der Waals surface area contributed by atoms with Gasteiger partial charge >= 0.3 is 0 Å². The Balaban J connectivity index is 4.63. The molecule has 0 aliphatic rings. The first-order chi connectivity index (χ1) is 11.0. The summed E-state index contributed by atoms with van der Waals surface area (Å²) in [7, 11) is -3.12. The minimum absolute atomic E-state index is 0.0264. The number of carbonyl (C=O) groups excluding carboxylic acids is 1. The van der Waals surface area contributed by atoms with E-state index in [0.717, 1.165) is 19.5 Å². The van der Waals surface area contributed by atoms with Crippen molar-refractivity contribution in [1.82, 2.24) is 4.57 Å². The van der Waals surface area contributed by atoms with Gasteiger partial charge in [-0.3, -0.25) is 4.79 Å². The SMILES string of the molecule is CO[Si](C)(C)CCCN(CCC(=O)O[Si](C)(C)C(C)(C)C)[Si](C)(C)C. The number of rotatable bonds is 10. The molecule has 0 aromatic carbocycles. The molecule has 0 radical (unpaired) electrons. The maximum Gasteiger partial charge on any atom is 0.293 e. The summed E-state index contributed by atoms with van der Waals surface area (Å²) < 4.78 is 14.1. The highest BCUT2D eigenvalue weighted by molar-refractivity contribution is 6.75. The van der Waals surface area contributed by atoms with Crippen molar-refractivity contribution < 1.29 is 13.6 Å². The molecular weight excluding hydrogens is 362 g/mol. The monoisotopic (exact) mass is 405 g/mol. The van der Waals surface area contributed by atoms with Gasteiger partial charge in [0.15, 0.2) is 8.32 Å². The fourth-order valence-electron chi connectivity index (χ4n) is 2.30. The van der Waals surface area contributed by atoms with Crippen molar-refractivity contribution in [2.45, 2.75) is 90.5 Å². The van der Waals surface area contributed by atoms with Crippen molar-refractivity contribution in [2.75, 3.05) is 20.2 Å². The molecular formula is C18H43NO3Si3. The summed E-state index contributed by atoms with van der Waals surface area (Å²) >= 11 is 0. The molecule has 0 fully saturated rings. The third-order valence-electron chi connectivity index (χ3n) is 5.47. The molecule has 4 nitrogen and oxygen atoms in total. The van der Waals surface area contributed by atoms with Gasteiger partial charge < -0.3 is 13.4 Å². The van der Waals surface area contributed by atoms with E-state index in [1.807, 2.05) is 7.11 Å². The maximum atomic E-state index is 12.4. The predicted molar refractivity (Wildman–Crippen MR) is 117 cm³/mol. The van der Waals surface area contributed by atoms with E-state index in [1.54, 1.807) is 0 Å². The number of hydrogen-bond acceptors (Lipinski definition) is 4. The van der Waals surface area contributed by atoms with Crippen molar-refractivity contribution in [3.05, 3.63) is 0 Å². The van der Waals surface area contributed by atoms with Crippen LogP contribution >= 0.6 is 0 Å². The van der Waals surface area contributed by atoms with Crippen LogP contribution in [0.4, 0.5) is 0 Å². The van der Waals surface area contributed by atoms with Crippen molar-refractivity contribution >= 4 is 30.8 Å². The molecule has 0 unspecified atom stereocenters. The third-order valence-corrected chi connectivity index (χ3v) is 14.8. The highest BCUT2D eigenvalue weighted by atomic mass is 28.4. The van der Waals surface area contributed by atoms with Gasteiger partial charge in [0.1, 0.15) is 8.24 Å². The van der Waals surface area contributed by atoms with Crippen molar-refractivity contribution in [3.63, 3.8) is 0 Å². The molecule has 25 heavy (non-hydrogen) atoms. The van der Waals surface area contributed by atoms with E-state index in [9.17, 15) is 4.79 Å². The molecule has 0 aromatic heterocycles. The highest BCUT2D eigenvalue weighted by Gasteiger charge is 2.40. The minimum atomic E-state index is -2.01. The smallest absolute Gasteiger partial charge is 0.293 e. The van der Waals surface area contributed by atoms with Crippen LogP contribution in [0.1, 0.15) is 33.6 Å². The molecule has 0 N–H and O–H groups in total. The normalized spacial score (nSPS) is 14.1. The zero-order valence-corrected chi connectivity index (χ0v) is 21.7. The predicted octanol–water partition coefficient (Wildman–Crippen LogP) is 5.30. The minimum Gasteiger partial charge on any atom is -0.519 e. The third kappa shape index (κ3) is 9.51. The topological polar surface area (TPSA) is 38.8 Å². The van der Waals surface area contributed by atoms with E-state index in [2.05, 4.69) is 71.2 Å². The van der Waals surface area contributed by atoms with Crippen LogP contribution in [0.2, 0.25) is 56.9 Å². The molecule has 0 saturated heterocycles. The average Bonchev–Trinajstić information content (AvgIpc) is 2.39. The van der Waals surface area contributed by atoms with E-state index in [1.165, 1.54) is 6.04 Å². The van der Waals surface area contributed by atoms with Crippen LogP contribution in [0.25, 0.3) is 0 Å². The second-order valence-electron chi connectivity index (χ2n) is 10.2. The van der Waals surface area contributed by atoms with E-state index in [-0.39, 0.29) is 11.0 Å². The van der Waals surface area contributed by atoms with Crippen LogP contribution in [0, 0.1) is 0 Å². The van der Waals surface area contributed by atoms with Crippen LogP contribution in [-0.2, 0) is 13.6 Å². The first-order valence-electron chi connectivity index (χ1n) is 9.54. The molecule has 0 atom stereocenters. The van der Waals surface area contributed by atoms with Gasteiger partial charge in [-0.1, -0.05) is 40.4 Å². The van der Waals surface area contributed by atoms with Gasteiger partial charge in [-0.15, -0.1) is 0 Å². The van der Waals surface area contributed by atoms with Gasteiger partial charge in [0.25, 0.3) is 14.3 Å². The van der Waals surface area contributed by atoms with Crippen molar-refractivity contribution in [3.8, 4) is 0 Å². The molecule has 0 saturated carbocycles. The van der Waals surface area contributed by atoms with Gasteiger partial charge in [0, 0.05) is 13.7 Å². The van der Waals surface area contributed by atoms with Crippen molar-refractivity contribution in [1.29, 1.82) is 0 Å². The Morgan fingerprint density at radius 3 is 1.88 bits per heavy atom. The highest BCUT2D eigenvalue weighted by Crippen LogP contribution is 2.36. The van der Waals surface area contributed by atoms with Gasteiger partial charge in [0.05, 0.1) is 6.42 Å². The quantitative estimate of drug-likeness (QED) is 0.462. The molecule has 0 amide bonds. The fraction of sp³-hybridized carbons (Fsp3) is 0.944. The first kappa shape index (κ1) is 25.0. The second kappa shape index (κ2) is 9.30. The Labute approximate surface area is 160 Å². The summed E-state index contributed by atoms with van der Waals surface area (Å²) in [6.07, 6.45) is 1.65. The summed E-state index contributed by atoms with van der Waals surface area (Å²) in [5.74, 6) is -0.0264. The molecule has 0 aromatic rings. The Kier molecular flexibility index (Phi) is 9.32. The molecule has 0 rings (SSSR count). The van der Waals surface area contributed by atoms with E-state index < -0.39 is 24.9 Å². The lowest BCUT2D eigenvalue weighted by molar-refractivity contribution is -0.135. The van der Waals surface area contributed by atoms with Crippen LogP contribution in [-0.4, -0.2) is 55.6 Å². The van der Waals surface area contributed by atoms with Crippen LogP contribution in [0.5, 0.6) is 0 Å². The molecule has 0 aliphatic heterocycles. The summed E-state index contributed by atoms with van der Waals surface area (Å²) in [4.78, 5) is 12.4. The first-order valence-corrected chi connectivity index (χ1v) is 19.0. The lowest BCUT2D eigenvalue weighted by atomic mass is 10.2. The molecule has 0 spiro atoms. The van der Waals surface area contributed by atoms with Crippen LogP contribution in [0.3, 0.4) is 0 Å². The van der Waals surface area contributed by atoms with Crippen LogP contribution < -0.4 is 0 Å². The van der Waals surface area contributed by atoms with Gasteiger partial charge in [-0.05, 0) is 50.2 Å². The second-order valence-corrected chi connectivity index (χ2v) is 24.3. The Morgan fingerprint density at radius 1 is 0.960 bits per heavy atom. The molecule has 0 bridgehead atoms. The lowest BCUT2D eigenvalue weighted by Crippen LogP contribution is -2.48. The summed E-state index contributed by atoms with van der Waals surface area (Å²) in [6, 6.07) is 1.17. The van der Waals surface area contributed by atoms with E-state index in [0.29, 0.717) is 6.42 Å². The Hall–Kier alpha value is 0.0406. The zero-order chi connectivity index (χ0) is 20.1. The number of carbonyl (C=O) groups is 1. The van der Waals surface area contributed by atoms with Gasteiger partial charge in [0.2, 0.25) is 0 Å². The van der Waals surface area contributed by atoms with Crippen molar-refractivity contribution in [2.24, 2.45) is 0 Å². The molecule has 7 heteroatoms. The summed E-state index contributed by atoms with van der Waals surface area (Å²) in [5, 5.41) is 0.0670. The zero-order valence-electron chi connectivity index (χ0n) is 18.7. The summed E-state index contributed by atoms with van der Waals surface area (Å²) in [6.45, 7) is 24.2. The lowest BCUT2D eigenvalue weighted by Gasteiger charge is -2.37. The van der Waals surface area contributed by atoms with Crippen LogP contribution in [0.15, 0.2) is 0 Å². The standard InChI is InChI=1S/C18H43NO3Si3/c1-18(2,3)25(10,11)22-17(20)13-15-19(23(5,6)7)14-12-16-24(8,9)21-4/h12-16H2,1-11H3. The van der Waals surface area contributed by atoms with E-state index in [4.69, 9.17) is 8.85 Å². The van der Waals surface area contributed by atoms with E-state index >= 15 is 0 Å². The van der Waals surface area contributed by atoms with Gasteiger partial charge in [-0.2, -0.15) is 0 Å². The number of nitrogens with zero attached hydrogens (tertiary/aromatic N) is 1. The largest absolute Gasteiger partial charge is 0.519 e. The Bertz CT molecular complexity index is 426. The average molecular weight is 406 g/mol. The molecule has 0 aliphatic carbocycles.